The van der Waals surface area contributed by atoms with Gasteiger partial charge >= 0.3 is 11.9 Å². The van der Waals surface area contributed by atoms with Crippen LogP contribution in [0.2, 0.25) is 0 Å². The van der Waals surface area contributed by atoms with Gasteiger partial charge in [-0.05, 0) is 91.7 Å². The Balaban J connectivity index is 1.44. The third kappa shape index (κ3) is 6.94. The number of carbonyl (C=O) groups is 3. The van der Waals surface area contributed by atoms with Crippen molar-refractivity contribution in [3.05, 3.63) is 69.3 Å². The average molecular weight is 633 g/mol. The SMILES string of the molecule is CCOC(=O)[C@@H](CCc1ccccc1I)N[C@H](C)C(=O)N1C2CCCC2C[C@H]1C(=O)OCc1ccccc1. The number of aryl methyl sites for hydroxylation is 1. The van der Waals surface area contributed by atoms with Crippen molar-refractivity contribution >= 4 is 40.4 Å². The molecule has 0 bridgehead atoms. The standard InChI is InChI=1S/C30H37IN2O5/c1-3-37-29(35)25(17-16-22-12-7-8-14-24(22)31)32-20(2)28(34)33-26-15-9-13-23(26)18-27(33)30(36)38-19-21-10-5-4-6-11-21/h4-8,10-12,14,20,23,25-27,32H,3,9,13,15-19H2,1-2H3/t20-,23?,25-,26?,27+/m1/s1. The van der Waals surface area contributed by atoms with Gasteiger partial charge in [-0.25, -0.2) is 4.79 Å². The lowest BCUT2D eigenvalue weighted by atomic mass is 10.0. The minimum atomic E-state index is -0.650. The topological polar surface area (TPSA) is 84.9 Å². The zero-order valence-electron chi connectivity index (χ0n) is 22.1. The third-order valence-corrected chi connectivity index (χ3v) is 8.69. The van der Waals surface area contributed by atoms with E-state index in [1.165, 1.54) is 0 Å². The van der Waals surface area contributed by atoms with Crippen LogP contribution in [-0.4, -0.2) is 53.5 Å². The number of nitrogens with zero attached hydrogens (tertiary/aromatic N) is 1. The van der Waals surface area contributed by atoms with Crippen molar-refractivity contribution in [2.24, 2.45) is 5.92 Å². The molecule has 38 heavy (non-hydrogen) atoms. The Hall–Kier alpha value is -2.46. The predicted molar refractivity (Wildman–Crippen MR) is 153 cm³/mol. The monoisotopic (exact) mass is 632 g/mol. The maximum absolute atomic E-state index is 13.8. The summed E-state index contributed by atoms with van der Waals surface area (Å²) in [6.07, 6.45) is 4.77. The van der Waals surface area contributed by atoms with Gasteiger partial charge in [0, 0.05) is 9.61 Å². The lowest BCUT2D eigenvalue weighted by Crippen LogP contribution is -2.55. The number of hydrogen-bond donors (Lipinski definition) is 1. The fraction of sp³-hybridized carbons (Fsp3) is 0.500. The zero-order valence-corrected chi connectivity index (χ0v) is 24.3. The average Bonchev–Trinajstić information content (AvgIpc) is 3.52. The number of rotatable bonds is 11. The highest BCUT2D eigenvalue weighted by Crippen LogP contribution is 2.42. The van der Waals surface area contributed by atoms with Crippen molar-refractivity contribution in [1.29, 1.82) is 0 Å². The minimum absolute atomic E-state index is 0.0352. The van der Waals surface area contributed by atoms with Crippen molar-refractivity contribution in [2.45, 2.75) is 83.1 Å². The highest BCUT2D eigenvalue weighted by molar-refractivity contribution is 14.1. The summed E-state index contributed by atoms with van der Waals surface area (Å²) in [6.45, 7) is 4.01. The Labute approximate surface area is 238 Å². The Kier molecular flexibility index (Phi) is 10.2. The van der Waals surface area contributed by atoms with E-state index < -0.39 is 18.1 Å². The zero-order chi connectivity index (χ0) is 27.1. The summed E-state index contributed by atoms with van der Waals surface area (Å²) in [6, 6.07) is 15.8. The van der Waals surface area contributed by atoms with E-state index in [9.17, 15) is 14.4 Å². The Morgan fingerprint density at radius 2 is 1.79 bits per heavy atom. The van der Waals surface area contributed by atoms with Gasteiger partial charge in [0.05, 0.1) is 12.6 Å². The first-order valence-electron chi connectivity index (χ1n) is 13.6. The number of likely N-dealkylation sites (tertiary alicyclic amines) is 1. The molecule has 1 N–H and O–H groups in total. The maximum Gasteiger partial charge on any atom is 0.329 e. The molecule has 2 unspecified atom stereocenters. The number of nitrogens with one attached hydrogen (secondary N) is 1. The van der Waals surface area contributed by atoms with E-state index in [1.54, 1.807) is 18.7 Å². The van der Waals surface area contributed by atoms with Crippen LogP contribution in [0, 0.1) is 9.49 Å². The molecule has 4 rings (SSSR count). The van der Waals surface area contributed by atoms with Gasteiger partial charge in [0.25, 0.3) is 0 Å². The molecule has 8 heteroatoms. The van der Waals surface area contributed by atoms with Gasteiger partial charge in [-0.1, -0.05) is 55.0 Å². The first kappa shape index (κ1) is 28.5. The molecule has 1 aliphatic heterocycles. The Bertz CT molecular complexity index is 1110. The molecule has 0 spiro atoms. The van der Waals surface area contributed by atoms with E-state index in [2.05, 4.69) is 34.0 Å². The number of esters is 2. The Morgan fingerprint density at radius 1 is 1.05 bits per heavy atom. The van der Waals surface area contributed by atoms with Crippen LogP contribution in [0.5, 0.6) is 0 Å². The second kappa shape index (κ2) is 13.6. The van der Waals surface area contributed by atoms with Gasteiger partial charge in [0.1, 0.15) is 18.7 Å². The van der Waals surface area contributed by atoms with Gasteiger partial charge < -0.3 is 14.4 Å². The molecular formula is C30H37IN2O5. The van der Waals surface area contributed by atoms with Gasteiger partial charge in [-0.2, -0.15) is 0 Å². The summed E-state index contributed by atoms with van der Waals surface area (Å²) in [5.41, 5.74) is 2.06. The second-order valence-electron chi connectivity index (χ2n) is 10.2. The molecule has 1 amide bonds. The number of fused-ring (bicyclic) bond motifs is 1. The van der Waals surface area contributed by atoms with Gasteiger partial charge in [-0.3, -0.25) is 14.9 Å². The molecule has 5 atom stereocenters. The molecule has 2 aromatic carbocycles. The molecule has 0 aromatic heterocycles. The molecule has 7 nitrogen and oxygen atoms in total. The number of hydrogen-bond acceptors (Lipinski definition) is 6. The summed E-state index contributed by atoms with van der Waals surface area (Å²) in [5, 5.41) is 3.24. The normalized spacial score (nSPS) is 22.0. The van der Waals surface area contributed by atoms with Crippen LogP contribution in [0.1, 0.15) is 57.1 Å². The first-order valence-corrected chi connectivity index (χ1v) is 14.7. The van der Waals surface area contributed by atoms with Crippen LogP contribution in [0.25, 0.3) is 0 Å². The first-order chi connectivity index (χ1) is 18.4. The minimum Gasteiger partial charge on any atom is -0.465 e. The van der Waals surface area contributed by atoms with E-state index in [0.29, 0.717) is 25.2 Å². The van der Waals surface area contributed by atoms with Crippen molar-refractivity contribution in [1.82, 2.24) is 10.2 Å². The highest BCUT2D eigenvalue weighted by atomic mass is 127. The molecule has 0 radical (unpaired) electrons. The summed E-state index contributed by atoms with van der Waals surface area (Å²) in [4.78, 5) is 41.6. The Morgan fingerprint density at radius 3 is 2.53 bits per heavy atom. The molecule has 204 valence electrons. The number of ether oxygens (including phenoxy) is 2. The number of halogens is 1. The van der Waals surface area contributed by atoms with E-state index in [0.717, 1.165) is 34.0 Å². The third-order valence-electron chi connectivity index (χ3n) is 7.64. The van der Waals surface area contributed by atoms with E-state index in [-0.39, 0.29) is 37.1 Å². The highest BCUT2D eigenvalue weighted by Gasteiger charge is 2.50. The molecule has 2 aromatic rings. The molecular weight excluding hydrogens is 595 g/mol. The van der Waals surface area contributed by atoms with Gasteiger partial charge in [-0.15, -0.1) is 0 Å². The van der Waals surface area contributed by atoms with Crippen molar-refractivity contribution in [3.8, 4) is 0 Å². The number of benzene rings is 2. The van der Waals surface area contributed by atoms with Crippen LogP contribution in [0.3, 0.4) is 0 Å². The molecule has 2 fully saturated rings. The summed E-state index contributed by atoms with van der Waals surface area (Å²) in [7, 11) is 0. The second-order valence-corrected chi connectivity index (χ2v) is 11.3. The largest absolute Gasteiger partial charge is 0.465 e. The summed E-state index contributed by atoms with van der Waals surface area (Å²) in [5.74, 6) is -0.576. The molecule has 2 aliphatic rings. The lowest BCUT2D eigenvalue weighted by Gasteiger charge is -2.32. The van der Waals surface area contributed by atoms with E-state index >= 15 is 0 Å². The fourth-order valence-corrected chi connectivity index (χ4v) is 6.41. The maximum atomic E-state index is 13.8. The van der Waals surface area contributed by atoms with Crippen LogP contribution in [0.4, 0.5) is 0 Å². The van der Waals surface area contributed by atoms with E-state index in [4.69, 9.17) is 9.47 Å². The van der Waals surface area contributed by atoms with Crippen molar-refractivity contribution in [2.75, 3.05) is 6.61 Å². The number of amides is 1. The quantitative estimate of drug-likeness (QED) is 0.287. The summed E-state index contributed by atoms with van der Waals surface area (Å²) < 4.78 is 12.1. The fourth-order valence-electron chi connectivity index (χ4n) is 5.75. The van der Waals surface area contributed by atoms with Crippen molar-refractivity contribution < 1.29 is 23.9 Å². The lowest BCUT2D eigenvalue weighted by molar-refractivity contribution is -0.156. The molecule has 1 saturated heterocycles. The summed E-state index contributed by atoms with van der Waals surface area (Å²) >= 11 is 2.29. The molecule has 1 saturated carbocycles. The van der Waals surface area contributed by atoms with Gasteiger partial charge in [0.15, 0.2) is 0 Å². The number of carbonyl (C=O) groups excluding carboxylic acids is 3. The van der Waals surface area contributed by atoms with Crippen molar-refractivity contribution in [3.63, 3.8) is 0 Å². The van der Waals surface area contributed by atoms with E-state index in [1.807, 2.05) is 48.5 Å². The van der Waals surface area contributed by atoms with Crippen LogP contribution < -0.4 is 5.32 Å². The van der Waals surface area contributed by atoms with Gasteiger partial charge in [0.2, 0.25) is 5.91 Å². The van der Waals surface area contributed by atoms with Crippen LogP contribution >= 0.6 is 22.6 Å². The molecule has 1 heterocycles. The predicted octanol–water partition coefficient (Wildman–Crippen LogP) is 4.65. The van der Waals surface area contributed by atoms with Crippen LogP contribution in [-0.2, 0) is 36.9 Å². The smallest absolute Gasteiger partial charge is 0.329 e. The van der Waals surface area contributed by atoms with Crippen LogP contribution in [0.15, 0.2) is 54.6 Å². The molecule has 1 aliphatic carbocycles.